The Kier molecular flexibility index (Phi) is 1.66. The smallest absolute Gasteiger partial charge is 0.235 e. The average Bonchev–Trinajstić information content (AvgIpc) is 2.44. The van der Waals surface area contributed by atoms with E-state index in [0.29, 0.717) is 0 Å². The number of hydrogen-bond acceptors (Lipinski definition) is 1. The quantitative estimate of drug-likeness (QED) is 0.620. The lowest BCUT2D eigenvalue weighted by atomic mass is 10.2. The van der Waals surface area contributed by atoms with E-state index in [4.69, 9.17) is 0 Å². The van der Waals surface area contributed by atoms with Crippen molar-refractivity contribution in [2.75, 3.05) is 11.9 Å². The van der Waals surface area contributed by atoms with Gasteiger partial charge in [0.15, 0.2) is 12.7 Å². The van der Waals surface area contributed by atoms with Crippen LogP contribution in [0.15, 0.2) is 36.5 Å². The summed E-state index contributed by atoms with van der Waals surface area (Å²) >= 11 is 0. The van der Waals surface area contributed by atoms with Gasteiger partial charge in [0.25, 0.3) is 0 Å². The van der Waals surface area contributed by atoms with Crippen LogP contribution >= 0.6 is 0 Å². The van der Waals surface area contributed by atoms with Gasteiger partial charge in [-0.1, -0.05) is 6.07 Å². The normalized spacial score (nSPS) is 14.9. The van der Waals surface area contributed by atoms with Gasteiger partial charge in [-0.2, -0.15) is 4.57 Å². The van der Waals surface area contributed by atoms with Crippen molar-refractivity contribution in [3.05, 3.63) is 36.5 Å². The van der Waals surface area contributed by atoms with Crippen molar-refractivity contribution in [2.24, 2.45) is 0 Å². The van der Waals surface area contributed by atoms with E-state index in [9.17, 15) is 0 Å². The van der Waals surface area contributed by atoms with Gasteiger partial charge < -0.3 is 5.32 Å². The molecular weight excluding hydrogens is 172 g/mol. The van der Waals surface area contributed by atoms with Crippen LogP contribution in [0.2, 0.25) is 0 Å². The van der Waals surface area contributed by atoms with E-state index in [0.717, 1.165) is 13.1 Å². The Labute approximate surface area is 83.2 Å². The third-order valence-corrected chi connectivity index (χ3v) is 2.79. The van der Waals surface area contributed by atoms with Gasteiger partial charge in [0.05, 0.1) is 0 Å². The number of anilines is 1. The third-order valence-electron chi connectivity index (χ3n) is 2.79. The van der Waals surface area contributed by atoms with Crippen LogP contribution in [0.4, 0.5) is 5.69 Å². The summed E-state index contributed by atoms with van der Waals surface area (Å²) in [5.41, 5.74) is 2.60. The number of para-hydroxylation sites is 1. The maximum Gasteiger partial charge on any atom is 0.235 e. The highest BCUT2D eigenvalue weighted by Crippen LogP contribution is 2.20. The molecule has 3 rings (SSSR count). The van der Waals surface area contributed by atoms with Gasteiger partial charge in [0, 0.05) is 24.4 Å². The minimum absolute atomic E-state index is 1.07. The van der Waals surface area contributed by atoms with Crippen molar-refractivity contribution in [2.45, 2.75) is 13.0 Å². The van der Waals surface area contributed by atoms with E-state index in [1.54, 1.807) is 0 Å². The number of rotatable bonds is 0. The van der Waals surface area contributed by atoms with E-state index in [1.807, 2.05) is 0 Å². The molecule has 0 saturated heterocycles. The lowest BCUT2D eigenvalue weighted by molar-refractivity contribution is -0.670. The summed E-state index contributed by atoms with van der Waals surface area (Å²) in [6, 6.07) is 10.7. The zero-order valence-corrected chi connectivity index (χ0v) is 8.03. The SMILES string of the molecule is c1cc2c3c(c1)ccc[n+]3CCCN2. The molecule has 0 atom stereocenters. The lowest BCUT2D eigenvalue weighted by Gasteiger charge is -2.02. The van der Waals surface area contributed by atoms with Crippen molar-refractivity contribution in [1.29, 1.82) is 0 Å². The van der Waals surface area contributed by atoms with Crippen LogP contribution in [0.1, 0.15) is 6.42 Å². The van der Waals surface area contributed by atoms with Crippen molar-refractivity contribution >= 4 is 16.6 Å². The molecule has 1 aliphatic heterocycles. The Balaban J connectivity index is 2.41. The van der Waals surface area contributed by atoms with Crippen LogP contribution < -0.4 is 9.88 Å². The highest BCUT2D eigenvalue weighted by molar-refractivity contribution is 5.87. The van der Waals surface area contributed by atoms with Crippen LogP contribution in [0.5, 0.6) is 0 Å². The van der Waals surface area contributed by atoms with E-state index >= 15 is 0 Å². The van der Waals surface area contributed by atoms with Gasteiger partial charge in [-0.3, -0.25) is 0 Å². The molecule has 2 aromatic rings. The first-order chi connectivity index (χ1) is 6.95. The summed E-state index contributed by atoms with van der Waals surface area (Å²) in [5, 5.41) is 4.79. The largest absolute Gasteiger partial charge is 0.379 e. The van der Waals surface area contributed by atoms with Gasteiger partial charge >= 0.3 is 0 Å². The minimum Gasteiger partial charge on any atom is -0.379 e. The van der Waals surface area contributed by atoms with Crippen LogP contribution in [0.3, 0.4) is 0 Å². The van der Waals surface area contributed by atoms with Crippen molar-refractivity contribution in [3.8, 4) is 0 Å². The van der Waals surface area contributed by atoms with Crippen molar-refractivity contribution in [3.63, 3.8) is 0 Å². The molecule has 0 radical (unpaired) electrons. The number of pyridine rings is 1. The molecule has 0 saturated carbocycles. The van der Waals surface area contributed by atoms with Crippen LogP contribution in [-0.4, -0.2) is 6.54 Å². The predicted molar refractivity (Wildman–Crippen MR) is 57.2 cm³/mol. The monoisotopic (exact) mass is 185 g/mol. The number of aryl methyl sites for hydroxylation is 1. The minimum atomic E-state index is 1.07. The van der Waals surface area contributed by atoms with Crippen LogP contribution in [0, 0.1) is 0 Å². The van der Waals surface area contributed by atoms with E-state index in [2.05, 4.69) is 46.4 Å². The van der Waals surface area contributed by atoms with E-state index in [1.165, 1.54) is 23.0 Å². The molecule has 2 heterocycles. The third kappa shape index (κ3) is 1.07. The maximum atomic E-state index is 3.47. The summed E-state index contributed by atoms with van der Waals surface area (Å²) in [6.07, 6.45) is 3.36. The topological polar surface area (TPSA) is 15.9 Å². The number of nitrogens with one attached hydrogen (secondary N) is 1. The first-order valence-electron chi connectivity index (χ1n) is 5.10. The highest BCUT2D eigenvalue weighted by atomic mass is 15.0. The Morgan fingerprint density at radius 1 is 1.14 bits per heavy atom. The molecular formula is C12H13N2+. The molecule has 14 heavy (non-hydrogen) atoms. The zero-order chi connectivity index (χ0) is 9.38. The molecule has 1 N–H and O–H groups in total. The Hall–Kier alpha value is -1.57. The fourth-order valence-electron chi connectivity index (χ4n) is 2.14. The number of aromatic nitrogens is 1. The summed E-state index contributed by atoms with van der Waals surface area (Å²) in [5.74, 6) is 0. The molecule has 1 aliphatic rings. The van der Waals surface area contributed by atoms with Crippen molar-refractivity contribution < 1.29 is 4.57 Å². The molecule has 2 heteroatoms. The summed E-state index contributed by atoms with van der Waals surface area (Å²) < 4.78 is 2.34. The van der Waals surface area contributed by atoms with Gasteiger partial charge in [-0.15, -0.1) is 0 Å². The first kappa shape index (κ1) is 7.80. The Morgan fingerprint density at radius 2 is 2.07 bits per heavy atom. The molecule has 1 aromatic heterocycles. The second kappa shape index (κ2) is 2.98. The predicted octanol–water partition coefficient (Wildman–Crippen LogP) is 1.94. The maximum absolute atomic E-state index is 3.47. The lowest BCUT2D eigenvalue weighted by Crippen LogP contribution is -2.33. The zero-order valence-electron chi connectivity index (χ0n) is 8.03. The fraction of sp³-hybridized carbons (Fsp3) is 0.250. The van der Waals surface area contributed by atoms with Crippen molar-refractivity contribution in [1.82, 2.24) is 0 Å². The second-order valence-corrected chi connectivity index (χ2v) is 3.73. The number of nitrogens with zero attached hydrogens (tertiary/aromatic N) is 1. The van der Waals surface area contributed by atoms with E-state index in [-0.39, 0.29) is 0 Å². The number of benzene rings is 1. The molecule has 0 unspecified atom stereocenters. The van der Waals surface area contributed by atoms with Gasteiger partial charge in [-0.25, -0.2) is 0 Å². The van der Waals surface area contributed by atoms with Gasteiger partial charge in [0.2, 0.25) is 5.52 Å². The molecule has 0 spiro atoms. The van der Waals surface area contributed by atoms with Crippen LogP contribution in [0.25, 0.3) is 10.9 Å². The first-order valence-corrected chi connectivity index (χ1v) is 5.10. The van der Waals surface area contributed by atoms with Crippen LogP contribution in [-0.2, 0) is 6.54 Å². The van der Waals surface area contributed by atoms with Gasteiger partial charge in [0.1, 0.15) is 5.69 Å². The highest BCUT2D eigenvalue weighted by Gasteiger charge is 2.15. The summed E-state index contributed by atoms with van der Waals surface area (Å²) in [4.78, 5) is 0. The second-order valence-electron chi connectivity index (χ2n) is 3.73. The molecule has 2 nitrogen and oxygen atoms in total. The molecule has 0 fully saturated rings. The van der Waals surface area contributed by atoms with E-state index < -0.39 is 0 Å². The summed E-state index contributed by atoms with van der Waals surface area (Å²) in [7, 11) is 0. The Bertz CT molecular complexity index is 436. The standard InChI is InChI=1S/C12H13N2/c1-4-10-5-2-8-14-9-3-7-13-11(6-1)12(10)14/h1-2,4-6,8,13H,3,7,9H2/q+1. The molecule has 0 aliphatic carbocycles. The Morgan fingerprint density at radius 3 is 3.07 bits per heavy atom. The molecule has 0 amide bonds. The number of hydrogen-bond donors (Lipinski definition) is 1. The molecule has 1 aromatic carbocycles. The van der Waals surface area contributed by atoms with Gasteiger partial charge in [-0.05, 0) is 18.2 Å². The summed E-state index contributed by atoms with van der Waals surface area (Å²) in [6.45, 7) is 2.18. The molecule has 0 bridgehead atoms. The fourth-order valence-corrected chi connectivity index (χ4v) is 2.14. The molecule has 70 valence electrons. The average molecular weight is 185 g/mol.